The zero-order valence-electron chi connectivity index (χ0n) is 12.4. The van der Waals surface area contributed by atoms with Crippen molar-refractivity contribution in [1.82, 2.24) is 9.88 Å². The topological polar surface area (TPSA) is 42.4 Å². The predicted octanol–water partition coefficient (Wildman–Crippen LogP) is 2.62. The van der Waals surface area contributed by atoms with Crippen LogP contribution in [0.15, 0.2) is 12.3 Å². The molecule has 4 nitrogen and oxygen atoms in total. The SMILES string of the molecule is CN(C)C(=O)c1cnc(C(C)(C)C)c(OC2CC2)c1. The van der Waals surface area contributed by atoms with E-state index in [2.05, 4.69) is 25.8 Å². The van der Waals surface area contributed by atoms with Crippen molar-refractivity contribution in [2.45, 2.75) is 45.1 Å². The Labute approximate surface area is 114 Å². The minimum Gasteiger partial charge on any atom is -0.488 e. The van der Waals surface area contributed by atoms with Gasteiger partial charge in [-0.05, 0) is 18.9 Å². The third-order valence-corrected chi connectivity index (χ3v) is 3.03. The summed E-state index contributed by atoms with van der Waals surface area (Å²) in [5.74, 6) is 0.705. The number of hydrogen-bond donors (Lipinski definition) is 0. The molecule has 1 aliphatic rings. The van der Waals surface area contributed by atoms with E-state index in [1.807, 2.05) is 6.07 Å². The number of pyridine rings is 1. The molecule has 1 aliphatic carbocycles. The van der Waals surface area contributed by atoms with Crippen LogP contribution in [0.3, 0.4) is 0 Å². The summed E-state index contributed by atoms with van der Waals surface area (Å²) in [5.41, 5.74) is 1.40. The summed E-state index contributed by atoms with van der Waals surface area (Å²) in [5, 5.41) is 0. The van der Waals surface area contributed by atoms with Crippen molar-refractivity contribution < 1.29 is 9.53 Å². The molecule has 0 atom stereocenters. The van der Waals surface area contributed by atoms with E-state index in [4.69, 9.17) is 4.74 Å². The van der Waals surface area contributed by atoms with Gasteiger partial charge in [0.1, 0.15) is 5.75 Å². The summed E-state index contributed by atoms with van der Waals surface area (Å²) < 4.78 is 5.92. The van der Waals surface area contributed by atoms with Crippen LogP contribution >= 0.6 is 0 Å². The Morgan fingerprint density at radius 2 is 2.00 bits per heavy atom. The molecule has 0 saturated heterocycles. The van der Waals surface area contributed by atoms with Gasteiger partial charge in [-0.25, -0.2) is 0 Å². The maximum atomic E-state index is 12.0. The van der Waals surface area contributed by atoms with E-state index in [-0.39, 0.29) is 11.3 Å². The van der Waals surface area contributed by atoms with E-state index < -0.39 is 0 Å². The number of rotatable bonds is 3. The van der Waals surface area contributed by atoms with Crippen LogP contribution in [0.5, 0.6) is 5.75 Å². The molecule has 0 radical (unpaired) electrons. The summed E-state index contributed by atoms with van der Waals surface area (Å²) in [4.78, 5) is 18.0. The van der Waals surface area contributed by atoms with Gasteiger partial charge in [-0.15, -0.1) is 0 Å². The van der Waals surface area contributed by atoms with Crippen molar-refractivity contribution in [3.05, 3.63) is 23.5 Å². The monoisotopic (exact) mass is 262 g/mol. The lowest BCUT2D eigenvalue weighted by molar-refractivity contribution is 0.0826. The Morgan fingerprint density at radius 1 is 1.37 bits per heavy atom. The standard InChI is InChI=1S/C15H22N2O2/c1-15(2,3)13-12(19-11-6-7-11)8-10(9-16-13)14(18)17(4)5/h8-9,11H,6-7H2,1-5H3. The summed E-state index contributed by atoms with van der Waals surface area (Å²) >= 11 is 0. The van der Waals surface area contributed by atoms with Crippen molar-refractivity contribution in [1.29, 1.82) is 0 Å². The Kier molecular flexibility index (Phi) is 3.52. The van der Waals surface area contributed by atoms with Crippen LogP contribution in [0.2, 0.25) is 0 Å². The summed E-state index contributed by atoms with van der Waals surface area (Å²) in [6.07, 6.45) is 4.13. The largest absolute Gasteiger partial charge is 0.488 e. The average Bonchev–Trinajstić information content (AvgIpc) is 3.10. The first-order chi connectivity index (χ1) is 8.79. The van der Waals surface area contributed by atoms with Gasteiger partial charge >= 0.3 is 0 Å². The van der Waals surface area contributed by atoms with Gasteiger partial charge in [-0.1, -0.05) is 20.8 Å². The normalized spacial score (nSPS) is 15.2. The Balaban J connectivity index is 2.37. The zero-order valence-corrected chi connectivity index (χ0v) is 12.4. The molecular formula is C15H22N2O2. The maximum Gasteiger partial charge on any atom is 0.255 e. The van der Waals surface area contributed by atoms with Gasteiger partial charge in [0.05, 0.1) is 17.4 Å². The van der Waals surface area contributed by atoms with Gasteiger partial charge in [0.25, 0.3) is 5.91 Å². The molecule has 0 aromatic carbocycles. The molecule has 0 unspecified atom stereocenters. The molecule has 0 aliphatic heterocycles. The lowest BCUT2D eigenvalue weighted by atomic mass is 9.90. The Bertz CT molecular complexity index is 485. The maximum absolute atomic E-state index is 12.0. The lowest BCUT2D eigenvalue weighted by Gasteiger charge is -2.22. The second-order valence-corrected chi connectivity index (χ2v) is 6.34. The summed E-state index contributed by atoms with van der Waals surface area (Å²) in [6.45, 7) is 6.30. The number of hydrogen-bond acceptors (Lipinski definition) is 3. The van der Waals surface area contributed by atoms with Crippen LogP contribution in [-0.2, 0) is 5.41 Å². The van der Waals surface area contributed by atoms with Crippen LogP contribution in [0, 0.1) is 0 Å². The molecule has 1 aromatic rings. The van der Waals surface area contributed by atoms with Gasteiger partial charge in [0.2, 0.25) is 0 Å². The van der Waals surface area contributed by atoms with Gasteiger partial charge in [-0.2, -0.15) is 0 Å². The molecule has 0 N–H and O–H groups in total. The fourth-order valence-corrected chi connectivity index (χ4v) is 1.84. The highest BCUT2D eigenvalue weighted by Gasteiger charge is 2.29. The number of nitrogens with zero attached hydrogens (tertiary/aromatic N) is 2. The quantitative estimate of drug-likeness (QED) is 0.841. The number of carbonyl (C=O) groups is 1. The van der Waals surface area contributed by atoms with Crippen molar-refractivity contribution in [3.8, 4) is 5.75 Å². The highest BCUT2D eigenvalue weighted by atomic mass is 16.5. The molecule has 4 heteroatoms. The first kappa shape index (κ1) is 13.8. The van der Waals surface area contributed by atoms with E-state index in [0.717, 1.165) is 24.3 Å². The first-order valence-corrected chi connectivity index (χ1v) is 6.68. The van der Waals surface area contributed by atoms with E-state index in [1.54, 1.807) is 25.2 Å². The molecular weight excluding hydrogens is 240 g/mol. The summed E-state index contributed by atoms with van der Waals surface area (Å²) in [7, 11) is 3.48. The molecule has 2 rings (SSSR count). The lowest BCUT2D eigenvalue weighted by Crippen LogP contribution is -2.23. The van der Waals surface area contributed by atoms with E-state index in [1.165, 1.54) is 0 Å². The van der Waals surface area contributed by atoms with Gasteiger partial charge < -0.3 is 9.64 Å². The van der Waals surface area contributed by atoms with Crippen LogP contribution in [0.25, 0.3) is 0 Å². The van der Waals surface area contributed by atoms with Crippen LogP contribution < -0.4 is 4.74 Å². The molecule has 1 heterocycles. The van der Waals surface area contributed by atoms with E-state index in [9.17, 15) is 4.79 Å². The minimum atomic E-state index is -0.0933. The molecule has 0 spiro atoms. The molecule has 0 bridgehead atoms. The first-order valence-electron chi connectivity index (χ1n) is 6.68. The molecule has 1 aromatic heterocycles. The fourth-order valence-electron chi connectivity index (χ4n) is 1.84. The van der Waals surface area contributed by atoms with Gasteiger partial charge in [-0.3, -0.25) is 9.78 Å². The van der Waals surface area contributed by atoms with E-state index in [0.29, 0.717) is 11.7 Å². The number of carbonyl (C=O) groups excluding carboxylic acids is 1. The second kappa shape index (κ2) is 4.83. The average molecular weight is 262 g/mol. The number of aromatic nitrogens is 1. The van der Waals surface area contributed by atoms with Gasteiger partial charge in [0.15, 0.2) is 0 Å². The zero-order chi connectivity index (χ0) is 14.2. The number of amides is 1. The minimum absolute atomic E-state index is 0.0476. The summed E-state index contributed by atoms with van der Waals surface area (Å²) in [6, 6.07) is 1.83. The predicted molar refractivity (Wildman–Crippen MR) is 74.6 cm³/mol. The fraction of sp³-hybridized carbons (Fsp3) is 0.600. The van der Waals surface area contributed by atoms with E-state index >= 15 is 0 Å². The van der Waals surface area contributed by atoms with Crippen molar-refractivity contribution in [2.75, 3.05) is 14.1 Å². The molecule has 1 fully saturated rings. The smallest absolute Gasteiger partial charge is 0.255 e. The third-order valence-electron chi connectivity index (χ3n) is 3.03. The third kappa shape index (κ3) is 3.25. The van der Waals surface area contributed by atoms with Crippen LogP contribution in [-0.4, -0.2) is 36.0 Å². The van der Waals surface area contributed by atoms with Crippen molar-refractivity contribution >= 4 is 5.91 Å². The van der Waals surface area contributed by atoms with Crippen molar-refractivity contribution in [2.24, 2.45) is 0 Å². The number of ether oxygens (including phenoxy) is 1. The van der Waals surface area contributed by atoms with Crippen LogP contribution in [0.4, 0.5) is 0 Å². The highest BCUT2D eigenvalue weighted by Crippen LogP contribution is 2.34. The molecule has 104 valence electrons. The van der Waals surface area contributed by atoms with Crippen LogP contribution in [0.1, 0.15) is 49.7 Å². The Morgan fingerprint density at radius 3 is 2.47 bits per heavy atom. The molecule has 19 heavy (non-hydrogen) atoms. The second-order valence-electron chi connectivity index (χ2n) is 6.34. The van der Waals surface area contributed by atoms with Crippen molar-refractivity contribution in [3.63, 3.8) is 0 Å². The molecule has 1 saturated carbocycles. The van der Waals surface area contributed by atoms with Gasteiger partial charge in [0, 0.05) is 25.7 Å². The highest BCUT2D eigenvalue weighted by molar-refractivity contribution is 5.94. The molecule has 1 amide bonds. The Hall–Kier alpha value is -1.58.